The number of nitrogens with two attached hydrogens (primary N) is 2. The highest BCUT2D eigenvalue weighted by molar-refractivity contribution is 5.93. The summed E-state index contributed by atoms with van der Waals surface area (Å²) in [5, 5.41) is 0. The van der Waals surface area contributed by atoms with E-state index in [1.807, 2.05) is 0 Å². The van der Waals surface area contributed by atoms with Gasteiger partial charge >= 0.3 is 0 Å². The quantitative estimate of drug-likeness (QED) is 0.894. The molecule has 18 heavy (non-hydrogen) atoms. The van der Waals surface area contributed by atoms with Crippen LogP contribution in [0.5, 0.6) is 0 Å². The zero-order valence-electron chi connectivity index (χ0n) is 9.84. The summed E-state index contributed by atoms with van der Waals surface area (Å²) in [4.78, 5) is 11.0. The van der Waals surface area contributed by atoms with Gasteiger partial charge in [-0.3, -0.25) is 4.79 Å². The van der Waals surface area contributed by atoms with Gasteiger partial charge in [0, 0.05) is 24.1 Å². The Kier molecular flexibility index (Phi) is 5.19. The SMILES string of the molecule is C[C@@H](N)c1cc(C(N)=O)cc(C(C)(F)F)c1F.Cl. The molecule has 0 aromatic heterocycles. The molecular weight excluding hydrogens is 269 g/mol. The molecule has 0 saturated heterocycles. The molecule has 0 spiro atoms. The van der Waals surface area contributed by atoms with E-state index in [1.165, 1.54) is 6.92 Å². The lowest BCUT2D eigenvalue weighted by molar-refractivity contribution is 0.0135. The molecule has 1 atom stereocenters. The normalized spacial score (nSPS) is 12.8. The van der Waals surface area contributed by atoms with Gasteiger partial charge in [-0.05, 0) is 19.1 Å². The smallest absolute Gasteiger partial charge is 0.273 e. The molecule has 0 aliphatic rings. The fraction of sp³-hybridized carbons (Fsp3) is 0.364. The number of halogens is 4. The van der Waals surface area contributed by atoms with Crippen LogP contribution in [-0.4, -0.2) is 5.91 Å². The van der Waals surface area contributed by atoms with E-state index in [1.54, 1.807) is 0 Å². The van der Waals surface area contributed by atoms with Crippen molar-refractivity contribution >= 4 is 18.3 Å². The van der Waals surface area contributed by atoms with Crippen molar-refractivity contribution in [3.8, 4) is 0 Å². The summed E-state index contributed by atoms with van der Waals surface area (Å²) in [7, 11) is 0. The molecule has 4 N–H and O–H groups in total. The second kappa shape index (κ2) is 5.58. The number of carbonyl (C=O) groups excluding carboxylic acids is 1. The molecule has 3 nitrogen and oxygen atoms in total. The molecule has 0 heterocycles. The Balaban J connectivity index is 0.00000289. The molecule has 0 bridgehead atoms. The van der Waals surface area contributed by atoms with Crippen molar-refractivity contribution in [1.29, 1.82) is 0 Å². The van der Waals surface area contributed by atoms with Gasteiger partial charge in [0.05, 0.1) is 5.56 Å². The number of alkyl halides is 2. The summed E-state index contributed by atoms with van der Waals surface area (Å²) in [6.45, 7) is 1.97. The molecule has 0 unspecified atom stereocenters. The topological polar surface area (TPSA) is 69.1 Å². The number of rotatable bonds is 3. The molecule has 1 aromatic rings. The van der Waals surface area contributed by atoms with Crippen LogP contribution in [0.15, 0.2) is 12.1 Å². The lowest BCUT2D eigenvalue weighted by atomic mass is 9.97. The molecule has 102 valence electrons. The minimum Gasteiger partial charge on any atom is -0.366 e. The van der Waals surface area contributed by atoms with Gasteiger partial charge in [-0.1, -0.05) is 0 Å². The fourth-order valence-corrected chi connectivity index (χ4v) is 1.44. The second-order valence-corrected chi connectivity index (χ2v) is 3.97. The Morgan fingerprint density at radius 3 is 2.22 bits per heavy atom. The van der Waals surface area contributed by atoms with E-state index in [0.717, 1.165) is 12.1 Å². The van der Waals surface area contributed by atoms with Crippen LogP contribution in [0.25, 0.3) is 0 Å². The third kappa shape index (κ3) is 3.36. The minimum absolute atomic E-state index is 0. The highest BCUT2D eigenvalue weighted by Crippen LogP contribution is 2.33. The first-order chi connectivity index (χ1) is 7.64. The average Bonchev–Trinajstić information content (AvgIpc) is 2.15. The van der Waals surface area contributed by atoms with E-state index in [4.69, 9.17) is 11.5 Å². The van der Waals surface area contributed by atoms with Crippen molar-refractivity contribution in [2.45, 2.75) is 25.8 Å². The van der Waals surface area contributed by atoms with Crippen LogP contribution in [0.3, 0.4) is 0 Å². The fourth-order valence-electron chi connectivity index (χ4n) is 1.44. The van der Waals surface area contributed by atoms with E-state index in [2.05, 4.69) is 0 Å². The van der Waals surface area contributed by atoms with Crippen LogP contribution >= 0.6 is 12.4 Å². The molecule has 1 amide bonds. The van der Waals surface area contributed by atoms with E-state index in [9.17, 15) is 18.0 Å². The van der Waals surface area contributed by atoms with Gasteiger partial charge in [0.15, 0.2) is 0 Å². The molecule has 1 aromatic carbocycles. The Labute approximate surface area is 109 Å². The van der Waals surface area contributed by atoms with Crippen molar-refractivity contribution < 1.29 is 18.0 Å². The van der Waals surface area contributed by atoms with Crippen LogP contribution < -0.4 is 11.5 Å². The maximum Gasteiger partial charge on any atom is 0.273 e. The van der Waals surface area contributed by atoms with Gasteiger partial charge in [0.2, 0.25) is 5.91 Å². The molecule has 7 heteroatoms. The molecule has 0 aliphatic heterocycles. The van der Waals surface area contributed by atoms with Gasteiger partial charge < -0.3 is 11.5 Å². The molecule has 0 radical (unpaired) electrons. The van der Waals surface area contributed by atoms with Gasteiger partial charge in [-0.15, -0.1) is 12.4 Å². The minimum atomic E-state index is -3.40. The third-order valence-corrected chi connectivity index (χ3v) is 2.35. The van der Waals surface area contributed by atoms with Crippen molar-refractivity contribution in [1.82, 2.24) is 0 Å². The number of benzene rings is 1. The summed E-state index contributed by atoms with van der Waals surface area (Å²) < 4.78 is 40.1. The molecule has 0 fully saturated rings. The largest absolute Gasteiger partial charge is 0.366 e. The lowest BCUT2D eigenvalue weighted by Gasteiger charge is -2.17. The van der Waals surface area contributed by atoms with Crippen LogP contribution in [0.1, 0.15) is 41.4 Å². The van der Waals surface area contributed by atoms with Crippen molar-refractivity contribution in [3.05, 3.63) is 34.6 Å². The van der Waals surface area contributed by atoms with E-state index >= 15 is 0 Å². The zero-order chi connectivity index (χ0) is 13.4. The number of amides is 1. The van der Waals surface area contributed by atoms with Crippen molar-refractivity contribution in [2.75, 3.05) is 0 Å². The maximum atomic E-state index is 13.8. The summed E-state index contributed by atoms with van der Waals surface area (Å²) in [5.41, 5.74) is 9.24. The van der Waals surface area contributed by atoms with Gasteiger partial charge in [-0.2, -0.15) is 0 Å². The maximum absolute atomic E-state index is 13.8. The Bertz CT molecular complexity index is 458. The average molecular weight is 283 g/mol. The number of primary amides is 1. The molecule has 0 saturated carbocycles. The van der Waals surface area contributed by atoms with Crippen molar-refractivity contribution in [3.63, 3.8) is 0 Å². The predicted octanol–water partition coefficient (Wildman–Crippen LogP) is 2.48. The van der Waals surface area contributed by atoms with Crippen LogP contribution in [0, 0.1) is 5.82 Å². The van der Waals surface area contributed by atoms with E-state index < -0.39 is 29.3 Å². The predicted molar refractivity (Wildman–Crippen MR) is 64.3 cm³/mol. The van der Waals surface area contributed by atoms with Gasteiger partial charge in [-0.25, -0.2) is 13.2 Å². The molecular formula is C11H14ClF3N2O. The Morgan fingerprint density at radius 2 is 1.89 bits per heavy atom. The number of carbonyl (C=O) groups is 1. The lowest BCUT2D eigenvalue weighted by Crippen LogP contribution is -2.19. The molecule has 0 aliphatic carbocycles. The monoisotopic (exact) mass is 282 g/mol. The Hall–Kier alpha value is -1.27. The van der Waals surface area contributed by atoms with E-state index in [0.29, 0.717) is 6.92 Å². The number of hydrogen-bond donors (Lipinski definition) is 2. The van der Waals surface area contributed by atoms with Crippen LogP contribution in [0.4, 0.5) is 13.2 Å². The van der Waals surface area contributed by atoms with Crippen LogP contribution in [-0.2, 0) is 5.92 Å². The molecule has 1 rings (SSSR count). The second-order valence-electron chi connectivity index (χ2n) is 3.97. The Morgan fingerprint density at radius 1 is 1.39 bits per heavy atom. The first kappa shape index (κ1) is 16.7. The first-order valence-corrected chi connectivity index (χ1v) is 4.91. The number of hydrogen-bond acceptors (Lipinski definition) is 2. The van der Waals surface area contributed by atoms with Crippen molar-refractivity contribution in [2.24, 2.45) is 11.5 Å². The highest BCUT2D eigenvalue weighted by atomic mass is 35.5. The highest BCUT2D eigenvalue weighted by Gasteiger charge is 2.31. The summed E-state index contributed by atoms with van der Waals surface area (Å²) in [5.74, 6) is -5.41. The first-order valence-electron chi connectivity index (χ1n) is 4.91. The summed E-state index contributed by atoms with van der Waals surface area (Å²) in [6.07, 6.45) is 0. The zero-order valence-corrected chi connectivity index (χ0v) is 10.7. The standard InChI is InChI=1S/C11H13F3N2O.ClH/c1-5(15)7-3-6(10(16)17)4-8(9(7)12)11(2,13)14;/h3-5H,15H2,1-2H3,(H2,16,17);1H/t5-;/m1./s1. The van der Waals surface area contributed by atoms with Gasteiger partial charge in [0.1, 0.15) is 5.82 Å². The van der Waals surface area contributed by atoms with E-state index in [-0.39, 0.29) is 23.5 Å². The summed E-state index contributed by atoms with van der Waals surface area (Å²) in [6, 6.07) is 1.04. The van der Waals surface area contributed by atoms with Gasteiger partial charge in [0.25, 0.3) is 5.92 Å². The van der Waals surface area contributed by atoms with Crippen LogP contribution in [0.2, 0.25) is 0 Å². The third-order valence-electron chi connectivity index (χ3n) is 2.35. The summed E-state index contributed by atoms with van der Waals surface area (Å²) >= 11 is 0.